The lowest BCUT2D eigenvalue weighted by atomic mass is 10.0. The summed E-state index contributed by atoms with van der Waals surface area (Å²) in [6, 6.07) is 14.8. The molecule has 0 unspecified atom stereocenters. The zero-order chi connectivity index (χ0) is 18.0. The van der Waals surface area contributed by atoms with Crippen LogP contribution >= 0.6 is 0 Å². The number of aryl methyl sites for hydroxylation is 1. The number of carbonyl (C=O) groups is 1. The fourth-order valence-electron chi connectivity index (χ4n) is 3.65. The van der Waals surface area contributed by atoms with Gasteiger partial charge in [-0.2, -0.15) is 0 Å². The molecule has 1 amide bonds. The Hall–Kier alpha value is -2.20. The number of nitrogens with one attached hydrogen (secondary N) is 1. The molecule has 1 saturated heterocycles. The van der Waals surface area contributed by atoms with Gasteiger partial charge >= 0.3 is 0 Å². The van der Waals surface area contributed by atoms with Crippen molar-refractivity contribution in [3.05, 3.63) is 66.0 Å². The van der Waals surface area contributed by atoms with E-state index in [1.807, 2.05) is 12.1 Å². The highest BCUT2D eigenvalue weighted by atomic mass is 16.1. The highest BCUT2D eigenvalue weighted by Crippen LogP contribution is 2.23. The molecule has 1 N–H and O–H groups in total. The highest BCUT2D eigenvalue weighted by Gasteiger charge is 2.21. The molecule has 0 saturated carbocycles. The molecule has 0 spiro atoms. The van der Waals surface area contributed by atoms with Crippen molar-refractivity contribution >= 4 is 5.91 Å². The zero-order valence-electron chi connectivity index (χ0n) is 15.4. The van der Waals surface area contributed by atoms with Gasteiger partial charge < -0.3 is 5.32 Å². The van der Waals surface area contributed by atoms with Gasteiger partial charge in [0.05, 0.1) is 6.04 Å². The second-order valence-electron chi connectivity index (χ2n) is 7.04. The summed E-state index contributed by atoms with van der Waals surface area (Å²) in [4.78, 5) is 18.9. The first kappa shape index (κ1) is 18.6. The van der Waals surface area contributed by atoms with E-state index in [1.165, 1.54) is 31.2 Å². The second kappa shape index (κ2) is 10.1. The van der Waals surface area contributed by atoms with Crippen molar-refractivity contribution in [3.8, 4) is 0 Å². The van der Waals surface area contributed by atoms with E-state index in [1.54, 1.807) is 12.4 Å². The van der Waals surface area contributed by atoms with Gasteiger partial charge in [-0.25, -0.2) is 0 Å². The van der Waals surface area contributed by atoms with Crippen molar-refractivity contribution in [1.82, 2.24) is 15.2 Å². The molecule has 1 aliphatic heterocycles. The van der Waals surface area contributed by atoms with E-state index in [0.717, 1.165) is 25.1 Å². The van der Waals surface area contributed by atoms with E-state index < -0.39 is 0 Å². The molecule has 0 bridgehead atoms. The Kier molecular flexibility index (Phi) is 7.20. The molecule has 3 rings (SSSR count). The van der Waals surface area contributed by atoms with Crippen LogP contribution in [0.5, 0.6) is 0 Å². The summed E-state index contributed by atoms with van der Waals surface area (Å²) < 4.78 is 0. The molecule has 2 heterocycles. The monoisotopic (exact) mass is 351 g/mol. The van der Waals surface area contributed by atoms with E-state index in [4.69, 9.17) is 0 Å². The van der Waals surface area contributed by atoms with Crippen LogP contribution in [0, 0.1) is 0 Å². The minimum atomic E-state index is 0.123. The van der Waals surface area contributed by atoms with Crippen LogP contribution in [-0.4, -0.2) is 35.4 Å². The van der Waals surface area contributed by atoms with Crippen LogP contribution in [0.25, 0.3) is 0 Å². The van der Waals surface area contributed by atoms with Crippen molar-refractivity contribution in [3.63, 3.8) is 0 Å². The largest absolute Gasteiger partial charge is 0.354 e. The molecule has 1 aromatic carbocycles. The Morgan fingerprint density at radius 2 is 1.69 bits per heavy atom. The van der Waals surface area contributed by atoms with Gasteiger partial charge in [-0.1, -0.05) is 43.2 Å². The van der Waals surface area contributed by atoms with E-state index in [-0.39, 0.29) is 11.9 Å². The Morgan fingerprint density at radius 1 is 1.00 bits per heavy atom. The van der Waals surface area contributed by atoms with Gasteiger partial charge in [0.2, 0.25) is 5.91 Å². The normalized spacial score (nSPS) is 16.6. The molecule has 4 nitrogen and oxygen atoms in total. The van der Waals surface area contributed by atoms with Crippen molar-refractivity contribution in [1.29, 1.82) is 0 Å². The zero-order valence-corrected chi connectivity index (χ0v) is 15.4. The van der Waals surface area contributed by atoms with Gasteiger partial charge in [0.15, 0.2) is 0 Å². The fourth-order valence-corrected chi connectivity index (χ4v) is 3.65. The molecule has 0 aliphatic carbocycles. The highest BCUT2D eigenvalue weighted by molar-refractivity contribution is 5.76. The van der Waals surface area contributed by atoms with Crippen molar-refractivity contribution in [2.24, 2.45) is 0 Å². The minimum Gasteiger partial charge on any atom is -0.354 e. The summed E-state index contributed by atoms with van der Waals surface area (Å²) in [7, 11) is 0. The number of nitrogens with zero attached hydrogens (tertiary/aromatic N) is 2. The molecular weight excluding hydrogens is 322 g/mol. The van der Waals surface area contributed by atoms with E-state index in [0.29, 0.717) is 13.0 Å². The van der Waals surface area contributed by atoms with Crippen LogP contribution in [0.2, 0.25) is 0 Å². The third-order valence-corrected chi connectivity index (χ3v) is 5.15. The molecule has 2 aromatic rings. The van der Waals surface area contributed by atoms with E-state index in [2.05, 4.69) is 45.5 Å². The lowest BCUT2D eigenvalue weighted by Crippen LogP contribution is -2.38. The molecule has 1 atom stereocenters. The summed E-state index contributed by atoms with van der Waals surface area (Å²) in [6.07, 6.45) is 9.96. The van der Waals surface area contributed by atoms with Crippen molar-refractivity contribution in [2.45, 2.75) is 44.6 Å². The number of amides is 1. The number of hydrogen-bond acceptors (Lipinski definition) is 3. The third-order valence-electron chi connectivity index (χ3n) is 5.15. The van der Waals surface area contributed by atoms with Gasteiger partial charge in [0.1, 0.15) is 0 Å². The van der Waals surface area contributed by atoms with Gasteiger partial charge in [0.25, 0.3) is 0 Å². The standard InChI is InChI=1S/C22H29N3O/c26-22(11-10-19-12-14-23-15-13-19)24-18-21(20-8-4-3-5-9-20)25-16-6-1-2-7-17-25/h3-5,8-9,12-15,21H,1-2,6-7,10-11,16-18H2,(H,24,26)/t21-/m1/s1. The number of likely N-dealkylation sites (tertiary alicyclic amines) is 1. The maximum atomic E-state index is 12.4. The Bertz CT molecular complexity index is 652. The van der Waals surface area contributed by atoms with Crippen LogP contribution in [0.15, 0.2) is 54.9 Å². The van der Waals surface area contributed by atoms with E-state index >= 15 is 0 Å². The fraction of sp³-hybridized carbons (Fsp3) is 0.455. The molecule has 138 valence electrons. The predicted octanol–water partition coefficient (Wildman–Crippen LogP) is 3.75. The lowest BCUT2D eigenvalue weighted by Gasteiger charge is -2.31. The van der Waals surface area contributed by atoms with Gasteiger partial charge in [-0.05, 0) is 55.6 Å². The molecule has 26 heavy (non-hydrogen) atoms. The summed E-state index contributed by atoms with van der Waals surface area (Å²) in [5.41, 5.74) is 2.45. The number of benzene rings is 1. The van der Waals surface area contributed by atoms with Gasteiger partial charge in [-0.3, -0.25) is 14.7 Å². The van der Waals surface area contributed by atoms with Crippen LogP contribution in [0.4, 0.5) is 0 Å². The summed E-state index contributed by atoms with van der Waals surface area (Å²) in [5.74, 6) is 0.123. The molecule has 0 radical (unpaired) electrons. The van der Waals surface area contributed by atoms with Crippen molar-refractivity contribution < 1.29 is 4.79 Å². The second-order valence-corrected chi connectivity index (χ2v) is 7.04. The predicted molar refractivity (Wildman–Crippen MR) is 105 cm³/mol. The Labute approximate surface area is 156 Å². The third kappa shape index (κ3) is 5.67. The van der Waals surface area contributed by atoms with Gasteiger partial charge in [0, 0.05) is 25.4 Å². The van der Waals surface area contributed by atoms with Crippen LogP contribution < -0.4 is 5.32 Å². The SMILES string of the molecule is O=C(CCc1ccncc1)NC[C@H](c1ccccc1)N1CCCCCC1. The van der Waals surface area contributed by atoms with E-state index in [9.17, 15) is 4.79 Å². The maximum absolute atomic E-state index is 12.4. The Balaban J connectivity index is 1.57. The topological polar surface area (TPSA) is 45.2 Å². The summed E-state index contributed by atoms with van der Waals surface area (Å²) in [6.45, 7) is 2.91. The molecule has 1 fully saturated rings. The maximum Gasteiger partial charge on any atom is 0.220 e. The molecule has 1 aromatic heterocycles. The Morgan fingerprint density at radius 3 is 2.38 bits per heavy atom. The molecule has 1 aliphatic rings. The number of pyridine rings is 1. The minimum absolute atomic E-state index is 0.123. The first-order chi connectivity index (χ1) is 12.8. The molecule has 4 heteroatoms. The van der Waals surface area contributed by atoms with Crippen LogP contribution in [-0.2, 0) is 11.2 Å². The number of hydrogen-bond donors (Lipinski definition) is 1. The number of rotatable bonds is 7. The quantitative estimate of drug-likeness (QED) is 0.826. The van der Waals surface area contributed by atoms with Gasteiger partial charge in [-0.15, -0.1) is 0 Å². The first-order valence-electron chi connectivity index (χ1n) is 9.77. The van der Waals surface area contributed by atoms with Crippen molar-refractivity contribution in [2.75, 3.05) is 19.6 Å². The number of aromatic nitrogens is 1. The lowest BCUT2D eigenvalue weighted by molar-refractivity contribution is -0.121. The summed E-state index contributed by atoms with van der Waals surface area (Å²) in [5, 5.41) is 3.17. The first-order valence-corrected chi connectivity index (χ1v) is 9.77. The van der Waals surface area contributed by atoms with Crippen LogP contribution in [0.1, 0.15) is 49.3 Å². The summed E-state index contributed by atoms with van der Waals surface area (Å²) >= 11 is 0. The number of carbonyl (C=O) groups excluding carboxylic acids is 1. The smallest absolute Gasteiger partial charge is 0.220 e. The average Bonchev–Trinajstić information content (AvgIpc) is 2.98. The molecular formula is C22H29N3O. The van der Waals surface area contributed by atoms with Crippen LogP contribution in [0.3, 0.4) is 0 Å². The average molecular weight is 351 g/mol.